The molecule has 0 aliphatic carbocycles. The van der Waals surface area contributed by atoms with Gasteiger partial charge >= 0.3 is 0 Å². The zero-order chi connectivity index (χ0) is 53.2. The smallest absolute Gasteiger partial charge is 0.160 e. The molecule has 11 aromatic carbocycles. The molecule has 3 aromatic heterocycles. The van der Waals surface area contributed by atoms with Crippen LogP contribution in [0.25, 0.3) is 146 Å². The third-order valence-corrected chi connectivity index (χ3v) is 14.7. The minimum Gasteiger partial charge on any atom is -0.228 e. The molecule has 0 amide bonds. The minimum atomic E-state index is 0.657. The quantitative estimate of drug-likeness (QED) is 0.128. The van der Waals surface area contributed by atoms with Crippen molar-refractivity contribution in [1.29, 1.82) is 0 Å². The number of hydrogen-bond donors (Lipinski definition) is 0. The van der Waals surface area contributed by atoms with Crippen LogP contribution < -0.4 is 0 Å². The van der Waals surface area contributed by atoms with Gasteiger partial charge in [0.05, 0.1) is 33.8 Å². The average molecular weight is 1020 g/mol. The van der Waals surface area contributed by atoms with E-state index in [0.29, 0.717) is 17.5 Å². The van der Waals surface area contributed by atoms with Gasteiger partial charge in [0, 0.05) is 49.7 Å². The van der Waals surface area contributed by atoms with E-state index >= 15 is 0 Å². The first-order valence-corrected chi connectivity index (χ1v) is 26.8. The molecule has 6 nitrogen and oxygen atoms in total. The second-order valence-corrected chi connectivity index (χ2v) is 19.9. The molecule has 374 valence electrons. The molecular weight excluding hydrogens is 973 g/mol. The van der Waals surface area contributed by atoms with Gasteiger partial charge in [-0.2, -0.15) is 0 Å². The number of benzene rings is 11. The SMILES string of the molecule is c1ccc(-c2cc(-c3cccc(-c4cccc(-c5ccc(-c6nc(-c7ccccc7)nc7ccccc67)cc5)c4)c3)nc(-c3cccc(-c4cccc(-c5ccc(-c6nc(-c7ccccc7)nc7ccccc67)cc5)c4)c3)n2)cc1. The molecule has 14 aromatic rings. The summed E-state index contributed by atoms with van der Waals surface area (Å²) in [5.41, 5.74) is 21.3. The van der Waals surface area contributed by atoms with Crippen molar-refractivity contribution >= 4 is 21.8 Å². The number of nitrogens with zero attached hydrogens (tertiary/aromatic N) is 6. The van der Waals surface area contributed by atoms with Gasteiger partial charge in [0.1, 0.15) is 0 Å². The zero-order valence-corrected chi connectivity index (χ0v) is 43.4. The van der Waals surface area contributed by atoms with Gasteiger partial charge in [-0.25, -0.2) is 29.9 Å². The number of aromatic nitrogens is 6. The van der Waals surface area contributed by atoms with E-state index in [2.05, 4.69) is 224 Å². The van der Waals surface area contributed by atoms with Gasteiger partial charge in [0.2, 0.25) is 0 Å². The van der Waals surface area contributed by atoms with Crippen molar-refractivity contribution in [3.63, 3.8) is 0 Å². The molecule has 0 saturated carbocycles. The summed E-state index contributed by atoms with van der Waals surface area (Å²) >= 11 is 0. The van der Waals surface area contributed by atoms with Gasteiger partial charge in [0.25, 0.3) is 0 Å². The van der Waals surface area contributed by atoms with Crippen LogP contribution in [-0.4, -0.2) is 29.9 Å². The van der Waals surface area contributed by atoms with Crippen molar-refractivity contribution in [2.75, 3.05) is 0 Å². The third kappa shape index (κ3) is 9.59. The Kier molecular flexibility index (Phi) is 12.5. The summed E-state index contributed by atoms with van der Waals surface area (Å²) < 4.78 is 0. The standard InChI is InChI=1S/C74H48N6/c1-4-18-51(19-5-1)68-48-69(62-30-16-28-60(46-62)58-26-14-24-56(44-58)49-36-40-52(41-37-49)70-64-32-10-12-34-66(64)75-72(79-70)54-20-6-2-7-21-54)78-74(77-68)63-31-17-29-61(47-63)59-27-15-25-57(45-59)50-38-42-53(43-39-50)71-65-33-11-13-35-67(65)76-73(80-71)55-22-8-3-9-23-55/h1-48H. The molecule has 0 saturated heterocycles. The summed E-state index contributed by atoms with van der Waals surface area (Å²) in [5.74, 6) is 2.08. The summed E-state index contributed by atoms with van der Waals surface area (Å²) in [6.07, 6.45) is 0. The molecule has 0 atom stereocenters. The largest absolute Gasteiger partial charge is 0.228 e. The van der Waals surface area contributed by atoms with Crippen LogP contribution >= 0.6 is 0 Å². The van der Waals surface area contributed by atoms with E-state index in [1.807, 2.05) is 66.7 Å². The fourth-order valence-corrected chi connectivity index (χ4v) is 10.6. The normalized spacial score (nSPS) is 11.2. The lowest BCUT2D eigenvalue weighted by atomic mass is 9.96. The highest BCUT2D eigenvalue weighted by atomic mass is 14.9. The first kappa shape index (κ1) is 47.6. The molecule has 0 fully saturated rings. The maximum atomic E-state index is 5.32. The van der Waals surface area contributed by atoms with E-state index in [4.69, 9.17) is 29.9 Å². The monoisotopic (exact) mass is 1020 g/mol. The van der Waals surface area contributed by atoms with Gasteiger partial charge in [-0.05, 0) is 87.0 Å². The third-order valence-electron chi connectivity index (χ3n) is 14.7. The second kappa shape index (κ2) is 21.0. The fourth-order valence-electron chi connectivity index (χ4n) is 10.6. The molecule has 3 heterocycles. The summed E-state index contributed by atoms with van der Waals surface area (Å²) in [5, 5.41) is 2.05. The van der Waals surface area contributed by atoms with Gasteiger partial charge in [-0.15, -0.1) is 0 Å². The summed E-state index contributed by atoms with van der Waals surface area (Å²) in [4.78, 5) is 30.6. The molecule has 80 heavy (non-hydrogen) atoms. The Morgan fingerprint density at radius 3 is 0.912 bits per heavy atom. The molecule has 0 bridgehead atoms. The van der Waals surface area contributed by atoms with E-state index in [1.54, 1.807) is 0 Å². The van der Waals surface area contributed by atoms with Crippen molar-refractivity contribution in [3.8, 4) is 124 Å². The van der Waals surface area contributed by atoms with Crippen LogP contribution in [0, 0.1) is 0 Å². The van der Waals surface area contributed by atoms with Crippen molar-refractivity contribution < 1.29 is 0 Å². The first-order valence-electron chi connectivity index (χ1n) is 26.8. The van der Waals surface area contributed by atoms with Crippen LogP contribution in [0.1, 0.15) is 0 Å². The summed E-state index contributed by atoms with van der Waals surface area (Å²) in [7, 11) is 0. The number of hydrogen-bond acceptors (Lipinski definition) is 6. The van der Waals surface area contributed by atoms with E-state index in [9.17, 15) is 0 Å². The molecule has 0 spiro atoms. The lowest BCUT2D eigenvalue weighted by Crippen LogP contribution is -1.96. The molecule has 14 rings (SSSR count). The van der Waals surface area contributed by atoms with Crippen LogP contribution in [0.3, 0.4) is 0 Å². The van der Waals surface area contributed by atoms with Crippen LogP contribution in [0.4, 0.5) is 0 Å². The minimum absolute atomic E-state index is 0.657. The van der Waals surface area contributed by atoms with Crippen molar-refractivity contribution in [3.05, 3.63) is 291 Å². The molecule has 0 N–H and O–H groups in total. The van der Waals surface area contributed by atoms with Crippen LogP contribution in [0.15, 0.2) is 291 Å². The fraction of sp³-hybridized carbons (Fsp3) is 0. The maximum Gasteiger partial charge on any atom is 0.160 e. The molecule has 0 radical (unpaired) electrons. The molecule has 0 aliphatic rings. The maximum absolute atomic E-state index is 5.32. The summed E-state index contributed by atoms with van der Waals surface area (Å²) in [6, 6.07) is 101. The molecule has 0 unspecified atom stereocenters. The predicted molar refractivity (Wildman–Crippen MR) is 328 cm³/mol. The van der Waals surface area contributed by atoms with Crippen molar-refractivity contribution in [1.82, 2.24) is 29.9 Å². The lowest BCUT2D eigenvalue weighted by Gasteiger charge is -2.13. The lowest BCUT2D eigenvalue weighted by molar-refractivity contribution is 1.18. The van der Waals surface area contributed by atoms with E-state index in [1.165, 1.54) is 0 Å². The Balaban J connectivity index is 0.756. The molecule has 6 heteroatoms. The van der Waals surface area contributed by atoms with Crippen molar-refractivity contribution in [2.24, 2.45) is 0 Å². The van der Waals surface area contributed by atoms with E-state index in [0.717, 1.165) is 128 Å². The highest BCUT2D eigenvalue weighted by Crippen LogP contribution is 2.37. The van der Waals surface area contributed by atoms with E-state index in [-0.39, 0.29) is 0 Å². The highest BCUT2D eigenvalue weighted by molar-refractivity contribution is 5.95. The van der Waals surface area contributed by atoms with Crippen LogP contribution in [0.2, 0.25) is 0 Å². The summed E-state index contributed by atoms with van der Waals surface area (Å²) in [6.45, 7) is 0. The van der Waals surface area contributed by atoms with Gasteiger partial charge in [-0.3, -0.25) is 0 Å². The zero-order valence-electron chi connectivity index (χ0n) is 43.4. The highest BCUT2D eigenvalue weighted by Gasteiger charge is 2.17. The Bertz CT molecular complexity index is 4290. The first-order chi connectivity index (χ1) is 39.6. The number of fused-ring (bicyclic) bond motifs is 2. The average Bonchev–Trinajstić information content (AvgIpc) is 3.56. The Hall–Kier alpha value is -10.8. The number of para-hydroxylation sites is 2. The van der Waals surface area contributed by atoms with Crippen LogP contribution in [-0.2, 0) is 0 Å². The van der Waals surface area contributed by atoms with Gasteiger partial charge < -0.3 is 0 Å². The van der Waals surface area contributed by atoms with Gasteiger partial charge in [-0.1, -0.05) is 249 Å². The topological polar surface area (TPSA) is 77.3 Å². The predicted octanol–water partition coefficient (Wildman–Crippen LogP) is 18.7. The Morgan fingerprint density at radius 2 is 0.463 bits per heavy atom. The van der Waals surface area contributed by atoms with Gasteiger partial charge in [0.15, 0.2) is 17.5 Å². The Labute approximate surface area is 464 Å². The van der Waals surface area contributed by atoms with E-state index < -0.39 is 0 Å². The second-order valence-electron chi connectivity index (χ2n) is 19.9. The molecular formula is C74H48N6. The van der Waals surface area contributed by atoms with Crippen LogP contribution in [0.5, 0.6) is 0 Å². The number of rotatable bonds is 11. The molecule has 0 aliphatic heterocycles. The Morgan fingerprint density at radius 1 is 0.163 bits per heavy atom. The van der Waals surface area contributed by atoms with Crippen molar-refractivity contribution in [2.45, 2.75) is 0 Å².